The van der Waals surface area contributed by atoms with Gasteiger partial charge in [-0.2, -0.15) is 0 Å². The van der Waals surface area contributed by atoms with Crippen LogP contribution in [0.3, 0.4) is 0 Å². The van der Waals surface area contributed by atoms with Crippen LogP contribution in [-0.2, 0) is 4.79 Å². The Balaban J connectivity index is 3.83. The molecule has 0 aliphatic carbocycles. The second-order valence-electron chi connectivity index (χ2n) is 12.1. The van der Waals surface area contributed by atoms with Crippen molar-refractivity contribution >= 4 is 5.91 Å². The summed E-state index contributed by atoms with van der Waals surface area (Å²) in [7, 11) is 0. The van der Waals surface area contributed by atoms with E-state index in [4.69, 9.17) is 0 Å². The molecular weight excluding hydrogens is 522 g/mol. The molecule has 3 atom stereocenters. The number of aliphatic hydroxyl groups is 3. The molecule has 0 saturated carbocycles. The van der Waals surface area contributed by atoms with Crippen molar-refractivity contribution in [2.24, 2.45) is 0 Å². The molecule has 0 aliphatic heterocycles. The van der Waals surface area contributed by atoms with E-state index < -0.39 is 24.2 Å². The quantitative estimate of drug-likeness (QED) is 0.0478. The molecule has 0 fully saturated rings. The lowest BCUT2D eigenvalue weighted by Crippen LogP contribution is -2.48. The molecule has 0 aromatic heterocycles. The molecule has 0 aliphatic rings. The fraction of sp³-hybridized carbons (Fsp3) is 0.811. The average Bonchev–Trinajstić information content (AvgIpc) is 2.99. The van der Waals surface area contributed by atoms with Gasteiger partial charge < -0.3 is 20.6 Å². The van der Waals surface area contributed by atoms with Crippen molar-refractivity contribution in [2.45, 2.75) is 186 Å². The van der Waals surface area contributed by atoms with Crippen molar-refractivity contribution in [1.29, 1.82) is 0 Å². The second kappa shape index (κ2) is 32.5. The highest BCUT2D eigenvalue weighted by Gasteiger charge is 2.22. The van der Waals surface area contributed by atoms with Gasteiger partial charge in [0.25, 0.3) is 0 Å². The predicted octanol–water partition coefficient (Wildman–Crippen LogP) is 9.26. The summed E-state index contributed by atoms with van der Waals surface area (Å²) in [6, 6.07) is -0.816. The van der Waals surface area contributed by atoms with Gasteiger partial charge in [0.2, 0.25) is 5.91 Å². The van der Waals surface area contributed by atoms with Crippen LogP contribution in [0.25, 0.3) is 0 Å². The van der Waals surface area contributed by atoms with Gasteiger partial charge in [0.1, 0.15) is 6.10 Å². The normalized spacial score (nSPS) is 14.3. The van der Waals surface area contributed by atoms with Crippen LogP contribution in [0.15, 0.2) is 36.5 Å². The molecule has 246 valence electrons. The number of carbonyl (C=O) groups excluding carboxylic acids is 1. The highest BCUT2D eigenvalue weighted by atomic mass is 16.3. The van der Waals surface area contributed by atoms with Crippen LogP contribution in [0.5, 0.6) is 0 Å². The smallest absolute Gasteiger partial charge is 0.249 e. The molecule has 0 aromatic carbocycles. The lowest BCUT2D eigenvalue weighted by molar-refractivity contribution is -0.131. The van der Waals surface area contributed by atoms with Gasteiger partial charge in [0, 0.05) is 0 Å². The minimum absolute atomic E-state index is 0.380. The third-order valence-electron chi connectivity index (χ3n) is 7.95. The number of hydrogen-bond acceptors (Lipinski definition) is 4. The number of carbonyl (C=O) groups is 1. The number of aliphatic hydroxyl groups excluding tert-OH is 3. The maximum Gasteiger partial charge on any atom is 0.249 e. The van der Waals surface area contributed by atoms with Crippen molar-refractivity contribution in [3.63, 3.8) is 0 Å². The van der Waals surface area contributed by atoms with Crippen LogP contribution < -0.4 is 5.32 Å². The second-order valence-corrected chi connectivity index (χ2v) is 12.1. The molecule has 0 heterocycles. The number of nitrogens with one attached hydrogen (secondary N) is 1. The van der Waals surface area contributed by atoms with E-state index in [1.807, 2.05) is 6.08 Å². The molecule has 3 unspecified atom stereocenters. The Morgan fingerprint density at radius 1 is 0.571 bits per heavy atom. The van der Waals surface area contributed by atoms with Crippen LogP contribution in [-0.4, -0.2) is 46.1 Å². The number of amides is 1. The maximum absolute atomic E-state index is 12.3. The van der Waals surface area contributed by atoms with Crippen molar-refractivity contribution < 1.29 is 20.1 Å². The molecule has 0 radical (unpaired) electrons. The Kier molecular flexibility index (Phi) is 31.4. The van der Waals surface area contributed by atoms with E-state index in [1.54, 1.807) is 6.08 Å². The van der Waals surface area contributed by atoms with Crippen LogP contribution >= 0.6 is 0 Å². The topological polar surface area (TPSA) is 89.8 Å². The zero-order valence-electron chi connectivity index (χ0n) is 27.6. The predicted molar refractivity (Wildman–Crippen MR) is 181 cm³/mol. The standard InChI is InChI=1S/C37H69NO4/c1-3-5-7-9-11-13-15-16-17-18-19-20-22-23-25-27-29-31-35(40)34(33-39)38-37(42)36(41)32-30-28-26-24-21-14-12-10-8-6-4-2/h12,14,22-23,29,31,34-36,39-41H,3-11,13,15-21,24-28,30,32-33H2,1-2H3,(H,38,42)/b14-12-,23-22+,31-29+. The van der Waals surface area contributed by atoms with E-state index in [9.17, 15) is 20.1 Å². The molecule has 42 heavy (non-hydrogen) atoms. The molecule has 1 amide bonds. The first kappa shape index (κ1) is 40.6. The monoisotopic (exact) mass is 592 g/mol. The fourth-order valence-corrected chi connectivity index (χ4v) is 5.07. The third-order valence-corrected chi connectivity index (χ3v) is 7.95. The highest BCUT2D eigenvalue weighted by Crippen LogP contribution is 2.13. The van der Waals surface area contributed by atoms with Gasteiger partial charge in [-0.1, -0.05) is 147 Å². The van der Waals surface area contributed by atoms with E-state index in [0.29, 0.717) is 6.42 Å². The van der Waals surface area contributed by atoms with Crippen LogP contribution in [0.2, 0.25) is 0 Å². The molecule has 0 bridgehead atoms. The summed E-state index contributed by atoms with van der Waals surface area (Å²) < 4.78 is 0. The molecule has 0 aromatic rings. The lowest BCUT2D eigenvalue weighted by Gasteiger charge is -2.21. The summed E-state index contributed by atoms with van der Waals surface area (Å²) in [5.41, 5.74) is 0. The molecule has 0 spiro atoms. The largest absolute Gasteiger partial charge is 0.394 e. The Hall–Kier alpha value is -1.43. The minimum atomic E-state index is -1.11. The van der Waals surface area contributed by atoms with Gasteiger partial charge in [-0.15, -0.1) is 0 Å². The molecule has 0 saturated heterocycles. The van der Waals surface area contributed by atoms with Crippen molar-refractivity contribution in [2.75, 3.05) is 6.61 Å². The first-order valence-corrected chi connectivity index (χ1v) is 17.8. The summed E-state index contributed by atoms with van der Waals surface area (Å²) in [5, 5.41) is 32.8. The van der Waals surface area contributed by atoms with Crippen LogP contribution in [0, 0.1) is 0 Å². The Morgan fingerprint density at radius 3 is 1.50 bits per heavy atom. The van der Waals surface area contributed by atoms with Gasteiger partial charge in [-0.05, 0) is 57.8 Å². The number of allylic oxidation sites excluding steroid dienone is 5. The van der Waals surface area contributed by atoms with Gasteiger partial charge >= 0.3 is 0 Å². The zero-order chi connectivity index (χ0) is 30.9. The lowest BCUT2D eigenvalue weighted by atomic mass is 10.1. The summed E-state index contributed by atoms with van der Waals surface area (Å²) >= 11 is 0. The Morgan fingerprint density at radius 2 is 0.976 bits per heavy atom. The summed E-state index contributed by atoms with van der Waals surface area (Å²) in [6.45, 7) is 4.11. The first-order chi connectivity index (χ1) is 20.6. The van der Waals surface area contributed by atoms with Gasteiger partial charge in [0.15, 0.2) is 0 Å². The van der Waals surface area contributed by atoms with Gasteiger partial charge in [-0.3, -0.25) is 4.79 Å². The van der Waals surface area contributed by atoms with Gasteiger partial charge in [0.05, 0.1) is 18.8 Å². The highest BCUT2D eigenvalue weighted by molar-refractivity contribution is 5.80. The van der Waals surface area contributed by atoms with Gasteiger partial charge in [-0.25, -0.2) is 0 Å². The Labute approximate surface area is 260 Å². The van der Waals surface area contributed by atoms with E-state index in [2.05, 4.69) is 43.5 Å². The van der Waals surface area contributed by atoms with Crippen LogP contribution in [0.1, 0.15) is 168 Å². The molecule has 4 N–H and O–H groups in total. The van der Waals surface area contributed by atoms with Crippen LogP contribution in [0.4, 0.5) is 0 Å². The zero-order valence-corrected chi connectivity index (χ0v) is 27.6. The summed E-state index contributed by atoms with van der Waals surface area (Å²) in [6.07, 6.45) is 38.7. The van der Waals surface area contributed by atoms with E-state index in [1.165, 1.54) is 96.3 Å². The number of hydrogen-bond donors (Lipinski definition) is 4. The van der Waals surface area contributed by atoms with E-state index >= 15 is 0 Å². The molecule has 0 rings (SSSR count). The van der Waals surface area contributed by atoms with Crippen molar-refractivity contribution in [1.82, 2.24) is 5.32 Å². The third kappa shape index (κ3) is 27.4. The van der Waals surface area contributed by atoms with Crippen molar-refractivity contribution in [3.05, 3.63) is 36.5 Å². The summed E-state index contributed by atoms with van der Waals surface area (Å²) in [5.74, 6) is -0.526. The molecule has 5 heteroatoms. The fourth-order valence-electron chi connectivity index (χ4n) is 5.07. The van der Waals surface area contributed by atoms with Crippen molar-refractivity contribution in [3.8, 4) is 0 Å². The molecule has 5 nitrogen and oxygen atoms in total. The van der Waals surface area contributed by atoms with E-state index in [0.717, 1.165) is 51.4 Å². The minimum Gasteiger partial charge on any atom is -0.394 e. The summed E-state index contributed by atoms with van der Waals surface area (Å²) in [4.78, 5) is 12.3. The number of rotatable bonds is 31. The van der Waals surface area contributed by atoms with E-state index in [-0.39, 0.29) is 6.61 Å². The molecular formula is C37H69NO4. The average molecular weight is 592 g/mol. The Bertz CT molecular complexity index is 660. The maximum atomic E-state index is 12.3. The number of unbranched alkanes of at least 4 members (excludes halogenated alkanes) is 19. The SMILES string of the molecule is CCCCC/C=C\CCCCCCC(O)C(=O)NC(CO)C(O)/C=C/CC/C=C/CCCCCCCCCCCCC. The first-order valence-electron chi connectivity index (χ1n) is 17.8.